The third-order valence-electron chi connectivity index (χ3n) is 5.04. The molecule has 0 aromatic heterocycles. The number of likely N-dealkylation sites (N-methyl/N-ethyl adjacent to an activating group) is 1. The number of aliphatic carboxylic acids is 1. The molecule has 3 aromatic carbocycles. The number of hydrogen-bond donors (Lipinski definition) is 3. The summed E-state index contributed by atoms with van der Waals surface area (Å²) in [5.41, 5.74) is 2.66. The molecule has 0 fully saturated rings. The number of alkyl halides is 3. The molecule has 210 valence electrons. The monoisotopic (exact) mass is 567 g/mol. The normalized spacial score (nSPS) is 11.1. The Morgan fingerprint density at radius 2 is 1.54 bits per heavy atom. The molecule has 13 heteroatoms. The molecule has 0 aliphatic heterocycles. The van der Waals surface area contributed by atoms with Crippen LogP contribution in [0.5, 0.6) is 0 Å². The summed E-state index contributed by atoms with van der Waals surface area (Å²) in [6.45, 7) is 1.03. The van der Waals surface area contributed by atoms with Crippen LogP contribution in [0.25, 0.3) is 0 Å². The Hall–Kier alpha value is -4.10. The number of carboxylic acids is 1. The summed E-state index contributed by atoms with van der Waals surface area (Å²) in [5, 5.41) is 9.95. The second-order valence-electron chi connectivity index (χ2n) is 8.12. The number of amides is 1. The van der Waals surface area contributed by atoms with Gasteiger partial charge in [-0.1, -0.05) is 48.5 Å². The first-order chi connectivity index (χ1) is 18.3. The summed E-state index contributed by atoms with van der Waals surface area (Å²) in [4.78, 5) is 23.5. The van der Waals surface area contributed by atoms with E-state index < -0.39 is 22.2 Å². The van der Waals surface area contributed by atoms with Gasteiger partial charge in [-0.3, -0.25) is 9.52 Å². The zero-order valence-electron chi connectivity index (χ0n) is 21.1. The van der Waals surface area contributed by atoms with Crippen LogP contribution < -0.4 is 14.9 Å². The molecule has 0 heterocycles. The number of nitrogens with one attached hydrogen (secondary N) is 2. The summed E-state index contributed by atoms with van der Waals surface area (Å²) in [6.07, 6.45) is -5.08. The van der Waals surface area contributed by atoms with Crippen LogP contribution in [0.1, 0.15) is 15.9 Å². The number of hydrogen-bond acceptors (Lipinski definition) is 6. The van der Waals surface area contributed by atoms with Crippen LogP contribution in [0.4, 0.5) is 30.2 Å². The van der Waals surface area contributed by atoms with E-state index in [1.165, 1.54) is 0 Å². The molecule has 0 aliphatic carbocycles. The molecule has 0 saturated heterocycles. The predicted molar refractivity (Wildman–Crippen MR) is 142 cm³/mol. The number of ether oxygens (including phenoxy) is 1. The Morgan fingerprint density at radius 1 is 0.974 bits per heavy atom. The predicted octanol–water partition coefficient (Wildman–Crippen LogP) is 4.60. The molecule has 9 nitrogen and oxygen atoms in total. The van der Waals surface area contributed by atoms with Crippen molar-refractivity contribution in [3.8, 4) is 0 Å². The number of carbonyl (C=O) groups is 2. The van der Waals surface area contributed by atoms with Crippen LogP contribution in [0.2, 0.25) is 0 Å². The van der Waals surface area contributed by atoms with Crippen molar-refractivity contribution in [3.05, 3.63) is 90.0 Å². The molecule has 0 spiro atoms. The molecule has 0 saturated carbocycles. The van der Waals surface area contributed by atoms with E-state index in [1.54, 1.807) is 61.7 Å². The molecule has 0 unspecified atom stereocenters. The lowest BCUT2D eigenvalue weighted by Crippen LogP contribution is -2.25. The molecule has 0 bridgehead atoms. The van der Waals surface area contributed by atoms with E-state index in [4.69, 9.17) is 14.6 Å². The van der Waals surface area contributed by atoms with E-state index in [0.717, 1.165) is 0 Å². The minimum Gasteiger partial charge on any atom is -0.475 e. The first-order valence-electron chi connectivity index (χ1n) is 11.4. The van der Waals surface area contributed by atoms with Crippen LogP contribution in [0, 0.1) is 0 Å². The second kappa shape index (κ2) is 14.2. The van der Waals surface area contributed by atoms with Gasteiger partial charge in [0.25, 0.3) is 5.91 Å². The minimum absolute atomic E-state index is 0.171. The lowest BCUT2D eigenvalue weighted by Gasteiger charge is -2.23. The molecule has 39 heavy (non-hydrogen) atoms. The third kappa shape index (κ3) is 10.7. The zero-order valence-corrected chi connectivity index (χ0v) is 21.9. The maximum Gasteiger partial charge on any atom is 0.490 e. The van der Waals surface area contributed by atoms with Gasteiger partial charge < -0.3 is 20.1 Å². The van der Waals surface area contributed by atoms with E-state index in [1.807, 2.05) is 36.2 Å². The Bertz CT molecular complexity index is 1340. The van der Waals surface area contributed by atoms with E-state index in [2.05, 4.69) is 10.0 Å². The van der Waals surface area contributed by atoms with E-state index in [0.29, 0.717) is 41.3 Å². The summed E-state index contributed by atoms with van der Waals surface area (Å²) < 4.78 is 65.3. The van der Waals surface area contributed by atoms with E-state index >= 15 is 0 Å². The maximum atomic E-state index is 12.9. The van der Waals surface area contributed by atoms with Crippen molar-refractivity contribution in [3.63, 3.8) is 0 Å². The van der Waals surface area contributed by atoms with Crippen molar-refractivity contribution in [1.82, 2.24) is 0 Å². The van der Waals surface area contributed by atoms with Crippen LogP contribution in [-0.2, 0) is 25.3 Å². The standard InChI is InChI=1S/C24H27N3O4S.C2HF3O2/c1-27(15-16-31-2)23-14-13-20(24(28)25-21-11-7-4-8-12-21)17-22(23)26-32(29,30)18-19-9-5-3-6-10-19;3-2(4,5)1(6)7/h3-14,17,26H,15-16,18H2,1-2H3,(H,25,28);(H,6,7). The summed E-state index contributed by atoms with van der Waals surface area (Å²) in [5.74, 6) is -3.26. The molecule has 3 N–H and O–H groups in total. The fourth-order valence-corrected chi connectivity index (χ4v) is 4.36. The molecule has 3 rings (SSSR count). The average molecular weight is 568 g/mol. The van der Waals surface area contributed by atoms with Gasteiger partial charge in [0, 0.05) is 32.0 Å². The number of anilines is 3. The van der Waals surface area contributed by atoms with Gasteiger partial charge in [0.05, 0.1) is 23.7 Å². The van der Waals surface area contributed by atoms with Crippen molar-refractivity contribution < 1.29 is 41.0 Å². The highest BCUT2D eigenvalue weighted by Gasteiger charge is 2.38. The number of sulfonamides is 1. The van der Waals surface area contributed by atoms with E-state index in [-0.39, 0.29) is 11.7 Å². The van der Waals surface area contributed by atoms with Crippen LogP contribution in [0.3, 0.4) is 0 Å². The van der Waals surface area contributed by atoms with Crippen molar-refractivity contribution in [2.24, 2.45) is 0 Å². The van der Waals surface area contributed by atoms with Crippen LogP contribution in [-0.4, -0.2) is 58.9 Å². The van der Waals surface area contributed by atoms with Gasteiger partial charge in [-0.05, 0) is 35.9 Å². The van der Waals surface area contributed by atoms with Gasteiger partial charge in [0.15, 0.2) is 0 Å². The van der Waals surface area contributed by atoms with Crippen LogP contribution >= 0.6 is 0 Å². The molecule has 1 amide bonds. The highest BCUT2D eigenvalue weighted by atomic mass is 32.2. The molecular formula is C26H28F3N3O6S. The number of rotatable bonds is 10. The van der Waals surface area contributed by atoms with Crippen molar-refractivity contribution in [2.75, 3.05) is 42.2 Å². The van der Waals surface area contributed by atoms with Gasteiger partial charge in [-0.15, -0.1) is 0 Å². The first kappa shape index (κ1) is 31.1. The average Bonchev–Trinajstić information content (AvgIpc) is 2.87. The van der Waals surface area contributed by atoms with Gasteiger partial charge in [0.1, 0.15) is 0 Å². The van der Waals surface area contributed by atoms with Gasteiger partial charge in [-0.25, -0.2) is 13.2 Å². The number of halogens is 3. The lowest BCUT2D eigenvalue weighted by atomic mass is 10.1. The summed E-state index contributed by atoms with van der Waals surface area (Å²) in [6, 6.07) is 23.0. The Morgan fingerprint density at radius 3 is 2.08 bits per heavy atom. The second-order valence-corrected chi connectivity index (χ2v) is 9.84. The number of methoxy groups -OCH3 is 1. The molecular weight excluding hydrogens is 539 g/mol. The highest BCUT2D eigenvalue weighted by molar-refractivity contribution is 7.91. The van der Waals surface area contributed by atoms with Crippen molar-refractivity contribution in [2.45, 2.75) is 11.9 Å². The largest absolute Gasteiger partial charge is 0.490 e. The zero-order chi connectivity index (χ0) is 29.1. The Balaban J connectivity index is 0.000000673. The first-order valence-corrected chi connectivity index (χ1v) is 13.0. The minimum atomic E-state index is -5.08. The van der Waals surface area contributed by atoms with Crippen molar-refractivity contribution >= 4 is 39.0 Å². The highest BCUT2D eigenvalue weighted by Crippen LogP contribution is 2.28. The summed E-state index contributed by atoms with van der Waals surface area (Å²) in [7, 11) is -0.259. The van der Waals surface area contributed by atoms with E-state index in [9.17, 15) is 26.4 Å². The number of nitrogens with zero attached hydrogens (tertiary/aromatic N) is 1. The summed E-state index contributed by atoms with van der Waals surface area (Å²) >= 11 is 0. The SMILES string of the molecule is COCCN(C)c1ccc(C(=O)Nc2ccccc2)cc1NS(=O)(=O)Cc1ccccc1.O=C(O)C(F)(F)F. The lowest BCUT2D eigenvalue weighted by molar-refractivity contribution is -0.192. The number of carboxylic acid groups (broad SMARTS) is 1. The Kier molecular flexibility index (Phi) is 11.3. The molecule has 0 atom stereocenters. The molecule has 0 aliphatic rings. The van der Waals surface area contributed by atoms with Gasteiger partial charge in [0.2, 0.25) is 10.0 Å². The number of para-hydroxylation sites is 1. The topological polar surface area (TPSA) is 125 Å². The quantitative estimate of drug-likeness (QED) is 0.327. The molecule has 0 radical (unpaired) electrons. The van der Waals surface area contributed by atoms with Gasteiger partial charge >= 0.3 is 12.1 Å². The van der Waals surface area contributed by atoms with Crippen LogP contribution in [0.15, 0.2) is 78.9 Å². The van der Waals surface area contributed by atoms with Gasteiger partial charge in [-0.2, -0.15) is 13.2 Å². The maximum absolute atomic E-state index is 12.9. The fourth-order valence-electron chi connectivity index (χ4n) is 3.16. The number of carbonyl (C=O) groups excluding carboxylic acids is 1. The molecule has 3 aromatic rings. The fraction of sp³-hybridized carbons (Fsp3) is 0.231. The third-order valence-corrected chi connectivity index (χ3v) is 6.28. The smallest absolute Gasteiger partial charge is 0.475 e. The number of benzene rings is 3. The van der Waals surface area contributed by atoms with Crippen molar-refractivity contribution in [1.29, 1.82) is 0 Å². The Labute approximate surface area is 224 Å².